The number of hydrogen-bond donors (Lipinski definition) is 0. The van der Waals surface area contributed by atoms with Gasteiger partial charge in [0.25, 0.3) is 0 Å². The van der Waals surface area contributed by atoms with Crippen LogP contribution >= 0.6 is 0 Å². The summed E-state index contributed by atoms with van der Waals surface area (Å²) in [7, 11) is 0. The van der Waals surface area contributed by atoms with Gasteiger partial charge in [-0.15, -0.1) is 0 Å². The lowest BCUT2D eigenvalue weighted by atomic mass is 10.0. The Morgan fingerprint density at radius 3 is 2.38 bits per heavy atom. The van der Waals surface area contributed by atoms with Gasteiger partial charge >= 0.3 is 0 Å². The fraction of sp³-hybridized carbons (Fsp3) is 0.667. The summed E-state index contributed by atoms with van der Waals surface area (Å²) in [5, 5.41) is 0. The van der Waals surface area contributed by atoms with Gasteiger partial charge in [-0.3, -0.25) is 4.90 Å². The quantitative estimate of drug-likeness (QED) is 0.847. The molecule has 1 aromatic rings. The van der Waals surface area contributed by atoms with Crippen molar-refractivity contribution in [2.45, 2.75) is 26.2 Å². The van der Waals surface area contributed by atoms with Crippen LogP contribution < -0.4 is 4.90 Å². The van der Waals surface area contributed by atoms with Crippen LogP contribution in [0.2, 0.25) is 0 Å². The van der Waals surface area contributed by atoms with Crippen LogP contribution in [0.25, 0.3) is 0 Å². The molecule has 2 fully saturated rings. The highest BCUT2D eigenvalue weighted by molar-refractivity contribution is 5.48. The Morgan fingerprint density at radius 1 is 1.10 bits per heavy atom. The van der Waals surface area contributed by atoms with Gasteiger partial charge in [0, 0.05) is 45.0 Å². The number of rotatable bonds is 4. The number of piperazine rings is 1. The van der Waals surface area contributed by atoms with Crippen LogP contribution in [0, 0.1) is 5.92 Å². The Kier molecular flexibility index (Phi) is 4.81. The van der Waals surface area contributed by atoms with Crippen LogP contribution in [0.5, 0.6) is 0 Å². The third-order valence-electron chi connectivity index (χ3n) is 4.84. The third-order valence-corrected chi connectivity index (χ3v) is 4.84. The van der Waals surface area contributed by atoms with Gasteiger partial charge < -0.3 is 9.64 Å². The Bertz CT molecular complexity index is 429. The van der Waals surface area contributed by atoms with Gasteiger partial charge in [-0.05, 0) is 36.0 Å². The predicted molar refractivity (Wildman–Crippen MR) is 88.1 cm³/mol. The maximum absolute atomic E-state index is 5.48. The van der Waals surface area contributed by atoms with Gasteiger partial charge in [-0.2, -0.15) is 0 Å². The topological polar surface area (TPSA) is 15.7 Å². The molecule has 116 valence electrons. The Balaban J connectivity index is 1.50. The van der Waals surface area contributed by atoms with Crippen LogP contribution in [0.4, 0.5) is 5.69 Å². The Morgan fingerprint density at radius 2 is 1.81 bits per heavy atom. The summed E-state index contributed by atoms with van der Waals surface area (Å²) in [5.74, 6) is 1.38. The first-order valence-corrected chi connectivity index (χ1v) is 8.37. The number of nitrogens with zero attached hydrogens (tertiary/aromatic N) is 2. The number of ether oxygens (including phenoxy) is 1. The van der Waals surface area contributed by atoms with Crippen molar-refractivity contribution in [2.75, 3.05) is 50.8 Å². The average molecular weight is 288 g/mol. The molecule has 2 aliphatic rings. The minimum atomic E-state index is 0.615. The highest BCUT2D eigenvalue weighted by Gasteiger charge is 2.22. The van der Waals surface area contributed by atoms with E-state index in [9.17, 15) is 0 Å². The summed E-state index contributed by atoms with van der Waals surface area (Å²) in [6.45, 7) is 12.3. The second-order valence-corrected chi connectivity index (χ2v) is 6.76. The van der Waals surface area contributed by atoms with Gasteiger partial charge in [0.1, 0.15) is 0 Å². The van der Waals surface area contributed by atoms with Crippen molar-refractivity contribution in [1.29, 1.82) is 0 Å². The number of anilines is 1. The van der Waals surface area contributed by atoms with E-state index in [1.165, 1.54) is 37.3 Å². The number of hydrogen-bond acceptors (Lipinski definition) is 3. The number of benzene rings is 1. The second kappa shape index (κ2) is 6.80. The monoisotopic (exact) mass is 288 g/mol. The van der Waals surface area contributed by atoms with E-state index in [1.54, 1.807) is 0 Å². The molecule has 1 unspecified atom stereocenters. The normalized spacial score (nSPS) is 24.0. The minimum absolute atomic E-state index is 0.615. The zero-order valence-corrected chi connectivity index (χ0v) is 13.4. The van der Waals surface area contributed by atoms with E-state index in [1.807, 2.05) is 0 Å². The van der Waals surface area contributed by atoms with E-state index in [2.05, 4.69) is 47.9 Å². The maximum Gasteiger partial charge on any atom is 0.0507 e. The lowest BCUT2D eigenvalue weighted by Gasteiger charge is -2.37. The highest BCUT2D eigenvalue weighted by Crippen LogP contribution is 2.22. The van der Waals surface area contributed by atoms with E-state index < -0.39 is 0 Å². The minimum Gasteiger partial charge on any atom is -0.381 e. The van der Waals surface area contributed by atoms with Gasteiger partial charge in [-0.25, -0.2) is 0 Å². The highest BCUT2D eigenvalue weighted by atomic mass is 16.5. The molecule has 3 heteroatoms. The molecule has 1 aromatic carbocycles. The molecular weight excluding hydrogens is 260 g/mol. The molecule has 2 aliphatic heterocycles. The molecule has 0 aliphatic carbocycles. The summed E-state index contributed by atoms with van der Waals surface area (Å²) in [4.78, 5) is 5.13. The Hall–Kier alpha value is -1.06. The fourth-order valence-electron chi connectivity index (χ4n) is 3.35. The first-order chi connectivity index (χ1) is 10.2. The Labute approximate surface area is 128 Å². The van der Waals surface area contributed by atoms with Crippen LogP contribution in [-0.4, -0.2) is 50.8 Å². The van der Waals surface area contributed by atoms with Crippen molar-refractivity contribution in [3.05, 3.63) is 29.8 Å². The van der Waals surface area contributed by atoms with Crippen LogP contribution in [0.3, 0.4) is 0 Å². The van der Waals surface area contributed by atoms with E-state index in [0.29, 0.717) is 5.92 Å². The average Bonchev–Trinajstić information content (AvgIpc) is 3.01. The third kappa shape index (κ3) is 3.78. The summed E-state index contributed by atoms with van der Waals surface area (Å²) < 4.78 is 5.48. The van der Waals surface area contributed by atoms with Crippen LogP contribution in [0.1, 0.15) is 31.7 Å². The molecule has 21 heavy (non-hydrogen) atoms. The SMILES string of the molecule is CC(C)c1ccc(N2CCN(CC3CCOC3)CC2)cc1. The predicted octanol–water partition coefficient (Wildman–Crippen LogP) is 2.97. The van der Waals surface area contributed by atoms with Crippen LogP contribution in [0.15, 0.2) is 24.3 Å². The molecule has 0 bridgehead atoms. The first-order valence-electron chi connectivity index (χ1n) is 8.37. The van der Waals surface area contributed by atoms with Crippen molar-refractivity contribution >= 4 is 5.69 Å². The van der Waals surface area contributed by atoms with Crippen molar-refractivity contribution in [3.63, 3.8) is 0 Å². The molecule has 0 amide bonds. The molecule has 0 radical (unpaired) electrons. The van der Waals surface area contributed by atoms with Crippen molar-refractivity contribution in [1.82, 2.24) is 4.90 Å². The van der Waals surface area contributed by atoms with E-state index in [-0.39, 0.29) is 0 Å². The van der Waals surface area contributed by atoms with Crippen molar-refractivity contribution in [2.24, 2.45) is 5.92 Å². The smallest absolute Gasteiger partial charge is 0.0507 e. The molecule has 0 aromatic heterocycles. The molecule has 0 saturated carbocycles. The summed E-state index contributed by atoms with van der Waals surface area (Å²) in [5.41, 5.74) is 2.81. The molecule has 2 heterocycles. The molecule has 1 atom stereocenters. The summed E-state index contributed by atoms with van der Waals surface area (Å²) in [6.07, 6.45) is 1.25. The second-order valence-electron chi connectivity index (χ2n) is 6.76. The lowest BCUT2D eigenvalue weighted by molar-refractivity contribution is 0.164. The fourth-order valence-corrected chi connectivity index (χ4v) is 3.35. The van der Waals surface area contributed by atoms with Gasteiger partial charge in [0.2, 0.25) is 0 Å². The zero-order chi connectivity index (χ0) is 14.7. The molecule has 0 spiro atoms. The maximum atomic E-state index is 5.48. The summed E-state index contributed by atoms with van der Waals surface area (Å²) >= 11 is 0. The molecule has 3 rings (SSSR count). The molecular formula is C18H28N2O. The van der Waals surface area contributed by atoms with Gasteiger partial charge in [-0.1, -0.05) is 26.0 Å². The largest absolute Gasteiger partial charge is 0.381 e. The standard InChI is InChI=1S/C18H28N2O/c1-15(2)17-3-5-18(6-4-17)20-10-8-19(9-11-20)13-16-7-12-21-14-16/h3-6,15-16H,7-14H2,1-2H3. The molecule has 3 nitrogen and oxygen atoms in total. The molecule has 2 saturated heterocycles. The van der Waals surface area contributed by atoms with Gasteiger partial charge in [0.05, 0.1) is 6.61 Å². The van der Waals surface area contributed by atoms with E-state index in [0.717, 1.165) is 32.2 Å². The molecule has 0 N–H and O–H groups in total. The van der Waals surface area contributed by atoms with Crippen molar-refractivity contribution < 1.29 is 4.74 Å². The van der Waals surface area contributed by atoms with E-state index >= 15 is 0 Å². The van der Waals surface area contributed by atoms with Crippen molar-refractivity contribution in [3.8, 4) is 0 Å². The van der Waals surface area contributed by atoms with Crippen LogP contribution in [-0.2, 0) is 4.74 Å². The summed E-state index contributed by atoms with van der Waals surface area (Å²) in [6, 6.07) is 9.14. The first kappa shape index (κ1) is 14.9. The van der Waals surface area contributed by atoms with E-state index in [4.69, 9.17) is 4.74 Å². The zero-order valence-electron chi connectivity index (χ0n) is 13.4. The lowest BCUT2D eigenvalue weighted by Crippen LogP contribution is -2.47. The van der Waals surface area contributed by atoms with Gasteiger partial charge in [0.15, 0.2) is 0 Å².